The number of hydrogen-bond acceptors (Lipinski definition) is 2. The summed E-state index contributed by atoms with van der Waals surface area (Å²) in [7, 11) is 0. The molecule has 9 heavy (non-hydrogen) atoms. The van der Waals surface area contributed by atoms with E-state index in [0.717, 1.165) is 13.1 Å². The lowest BCUT2D eigenvalue weighted by molar-refractivity contribution is 0.527. The molecule has 0 aromatic heterocycles. The van der Waals surface area contributed by atoms with E-state index in [0.29, 0.717) is 0 Å². The smallest absolute Gasteiger partial charge is 0.00971 e. The van der Waals surface area contributed by atoms with E-state index < -0.39 is 0 Å². The maximum absolute atomic E-state index is 3.09. The van der Waals surface area contributed by atoms with Gasteiger partial charge in [0.2, 0.25) is 0 Å². The third kappa shape index (κ3) is 11.7. The van der Waals surface area contributed by atoms with E-state index in [4.69, 9.17) is 0 Å². The quantitative estimate of drug-likeness (QED) is 0.459. The van der Waals surface area contributed by atoms with Crippen LogP contribution < -0.4 is 10.9 Å². The molecule has 0 aliphatic carbocycles. The molecule has 0 aromatic carbocycles. The topological polar surface area (TPSA) is 24.1 Å². The fourth-order valence-electron chi connectivity index (χ4n) is 0.427. The summed E-state index contributed by atoms with van der Waals surface area (Å²) < 4.78 is 0. The van der Waals surface area contributed by atoms with Crippen molar-refractivity contribution in [1.82, 2.24) is 10.9 Å². The predicted octanol–water partition coefficient (Wildman–Crippen LogP) is 1.32. The van der Waals surface area contributed by atoms with Crippen LogP contribution in [0.1, 0.15) is 26.7 Å². The van der Waals surface area contributed by atoms with Gasteiger partial charge in [-0.3, -0.25) is 10.9 Å². The van der Waals surface area contributed by atoms with Gasteiger partial charge in [-0.25, -0.2) is 0 Å². The number of hydrazine groups is 1. The molecule has 0 aliphatic heterocycles. The molecule has 2 N–H and O–H groups in total. The highest BCUT2D eigenvalue weighted by Gasteiger charge is 1.78. The van der Waals surface area contributed by atoms with Crippen LogP contribution in [0, 0.1) is 0 Å². The number of hydrogen-bond donors (Lipinski definition) is 2. The highest BCUT2D eigenvalue weighted by molar-refractivity contribution is 5.85. The van der Waals surface area contributed by atoms with Gasteiger partial charge in [0.1, 0.15) is 0 Å². The molecule has 0 saturated carbocycles. The van der Waals surface area contributed by atoms with Crippen molar-refractivity contribution in [2.24, 2.45) is 0 Å². The second kappa shape index (κ2) is 11.1. The maximum Gasteiger partial charge on any atom is 0.00971 e. The lowest BCUT2D eigenvalue weighted by Gasteiger charge is -2.01. The minimum absolute atomic E-state index is 0. The summed E-state index contributed by atoms with van der Waals surface area (Å²) in [4.78, 5) is 0. The molecule has 0 aliphatic rings. The van der Waals surface area contributed by atoms with Gasteiger partial charge in [0, 0.05) is 13.1 Å². The van der Waals surface area contributed by atoms with Crippen LogP contribution in [-0.4, -0.2) is 13.1 Å². The van der Waals surface area contributed by atoms with E-state index in [1.807, 2.05) is 0 Å². The third-order valence-electron chi connectivity index (χ3n) is 0.875. The molecule has 3 heteroatoms. The fraction of sp³-hybridized carbons (Fsp3) is 1.00. The molecule has 0 radical (unpaired) electrons. The Bertz CT molecular complexity index is 36.0. The normalized spacial score (nSPS) is 8.67. The first-order chi connectivity index (χ1) is 3.91. The Hall–Kier alpha value is 0.210. The van der Waals surface area contributed by atoms with Crippen LogP contribution in [0.3, 0.4) is 0 Å². The van der Waals surface area contributed by atoms with Gasteiger partial charge in [-0.1, -0.05) is 13.8 Å². The molecule has 0 amide bonds. The minimum Gasteiger partial charge on any atom is -0.258 e. The second-order valence-corrected chi connectivity index (χ2v) is 1.85. The van der Waals surface area contributed by atoms with Gasteiger partial charge in [-0.05, 0) is 12.8 Å². The molecule has 0 bridgehead atoms. The van der Waals surface area contributed by atoms with Crippen molar-refractivity contribution in [2.45, 2.75) is 26.7 Å². The van der Waals surface area contributed by atoms with Gasteiger partial charge in [0.05, 0.1) is 0 Å². The standard InChI is InChI=1S/C6H16N2.ClH/c1-3-5-7-8-6-4-2;/h7-8H,3-6H2,1-2H3;1H. The summed E-state index contributed by atoms with van der Waals surface area (Å²) >= 11 is 0. The largest absolute Gasteiger partial charge is 0.258 e. The van der Waals surface area contributed by atoms with Crippen LogP contribution in [0.4, 0.5) is 0 Å². The molecule has 0 atom stereocenters. The first-order valence-electron chi connectivity index (χ1n) is 3.37. The molecule has 0 aromatic rings. The minimum atomic E-state index is 0. The molecule has 0 fully saturated rings. The molecule has 0 rings (SSSR count). The van der Waals surface area contributed by atoms with Crippen LogP contribution in [0.25, 0.3) is 0 Å². The molecule has 2 nitrogen and oxygen atoms in total. The lowest BCUT2D eigenvalue weighted by atomic mass is 10.5. The Morgan fingerprint density at radius 1 is 0.889 bits per heavy atom. The number of rotatable bonds is 5. The molecular formula is C6H17ClN2. The molecule has 0 unspecified atom stereocenters. The average Bonchev–Trinajstić information content (AvgIpc) is 1.81. The zero-order chi connectivity index (χ0) is 6.24. The van der Waals surface area contributed by atoms with Gasteiger partial charge >= 0.3 is 0 Å². The van der Waals surface area contributed by atoms with Crippen LogP contribution in [0.15, 0.2) is 0 Å². The van der Waals surface area contributed by atoms with Gasteiger partial charge < -0.3 is 0 Å². The van der Waals surface area contributed by atoms with E-state index in [2.05, 4.69) is 24.7 Å². The first-order valence-corrected chi connectivity index (χ1v) is 3.37. The van der Waals surface area contributed by atoms with Crippen molar-refractivity contribution >= 4 is 12.4 Å². The summed E-state index contributed by atoms with van der Waals surface area (Å²) in [6.07, 6.45) is 2.38. The van der Waals surface area contributed by atoms with Crippen LogP contribution in [0.5, 0.6) is 0 Å². The van der Waals surface area contributed by atoms with Crippen LogP contribution in [0.2, 0.25) is 0 Å². The second-order valence-electron chi connectivity index (χ2n) is 1.85. The zero-order valence-corrected chi connectivity index (χ0v) is 7.05. The Labute approximate surface area is 63.8 Å². The summed E-state index contributed by atoms with van der Waals surface area (Å²) in [5.74, 6) is 0. The Balaban J connectivity index is 0. The Kier molecular flexibility index (Phi) is 14.7. The van der Waals surface area contributed by atoms with Crippen molar-refractivity contribution in [3.05, 3.63) is 0 Å². The molecule has 58 valence electrons. The molecular weight excluding hydrogens is 136 g/mol. The monoisotopic (exact) mass is 152 g/mol. The third-order valence-corrected chi connectivity index (χ3v) is 0.875. The van der Waals surface area contributed by atoms with E-state index in [1.165, 1.54) is 12.8 Å². The van der Waals surface area contributed by atoms with E-state index in [1.54, 1.807) is 0 Å². The van der Waals surface area contributed by atoms with E-state index in [9.17, 15) is 0 Å². The molecule has 0 spiro atoms. The van der Waals surface area contributed by atoms with E-state index >= 15 is 0 Å². The van der Waals surface area contributed by atoms with Gasteiger partial charge in [-0.2, -0.15) is 0 Å². The highest BCUT2D eigenvalue weighted by Crippen LogP contribution is 1.67. The molecule has 0 saturated heterocycles. The lowest BCUT2D eigenvalue weighted by Crippen LogP contribution is -2.32. The number of nitrogens with one attached hydrogen (secondary N) is 2. The SMILES string of the molecule is CCCNNCCC.Cl. The van der Waals surface area contributed by atoms with Gasteiger partial charge in [0.15, 0.2) is 0 Å². The first kappa shape index (κ1) is 11.9. The average molecular weight is 153 g/mol. The van der Waals surface area contributed by atoms with Crippen molar-refractivity contribution in [2.75, 3.05) is 13.1 Å². The highest BCUT2D eigenvalue weighted by atomic mass is 35.5. The van der Waals surface area contributed by atoms with Crippen LogP contribution >= 0.6 is 12.4 Å². The summed E-state index contributed by atoms with van der Waals surface area (Å²) in [5.41, 5.74) is 6.17. The zero-order valence-electron chi connectivity index (χ0n) is 6.24. The van der Waals surface area contributed by atoms with Crippen molar-refractivity contribution < 1.29 is 0 Å². The predicted molar refractivity (Wildman–Crippen MR) is 43.8 cm³/mol. The van der Waals surface area contributed by atoms with Crippen molar-refractivity contribution in [1.29, 1.82) is 0 Å². The molecule has 0 heterocycles. The summed E-state index contributed by atoms with van der Waals surface area (Å²) in [5, 5.41) is 0. The van der Waals surface area contributed by atoms with Gasteiger partial charge in [0.25, 0.3) is 0 Å². The maximum atomic E-state index is 3.09. The van der Waals surface area contributed by atoms with Crippen molar-refractivity contribution in [3.63, 3.8) is 0 Å². The fourth-order valence-corrected chi connectivity index (χ4v) is 0.427. The Morgan fingerprint density at radius 3 is 1.44 bits per heavy atom. The van der Waals surface area contributed by atoms with Crippen LogP contribution in [-0.2, 0) is 0 Å². The Morgan fingerprint density at radius 2 is 1.22 bits per heavy atom. The van der Waals surface area contributed by atoms with Gasteiger partial charge in [-0.15, -0.1) is 12.4 Å². The number of halogens is 1. The summed E-state index contributed by atoms with van der Waals surface area (Å²) in [6.45, 7) is 6.45. The van der Waals surface area contributed by atoms with Crippen molar-refractivity contribution in [3.8, 4) is 0 Å². The summed E-state index contributed by atoms with van der Waals surface area (Å²) in [6, 6.07) is 0. The van der Waals surface area contributed by atoms with E-state index in [-0.39, 0.29) is 12.4 Å².